The van der Waals surface area contributed by atoms with Gasteiger partial charge < -0.3 is 19.5 Å². The van der Waals surface area contributed by atoms with Gasteiger partial charge in [-0.25, -0.2) is 0 Å². The van der Waals surface area contributed by atoms with E-state index in [-0.39, 0.29) is 5.54 Å². The van der Waals surface area contributed by atoms with Gasteiger partial charge in [0.1, 0.15) is 13.2 Å². The van der Waals surface area contributed by atoms with Gasteiger partial charge in [-0.05, 0) is 38.0 Å². The Bertz CT molecular complexity index is 426. The van der Waals surface area contributed by atoms with Gasteiger partial charge in [0.05, 0.1) is 7.11 Å². The van der Waals surface area contributed by atoms with E-state index in [1.807, 2.05) is 12.1 Å². The van der Waals surface area contributed by atoms with Crippen LogP contribution in [0.25, 0.3) is 0 Å². The van der Waals surface area contributed by atoms with Crippen molar-refractivity contribution in [2.24, 2.45) is 0 Å². The molecule has 0 saturated carbocycles. The smallest absolute Gasteiger partial charge is 0.203 e. The fourth-order valence-corrected chi connectivity index (χ4v) is 1.90. The molecule has 4 heteroatoms. The Morgan fingerprint density at radius 1 is 1.26 bits per heavy atom. The van der Waals surface area contributed by atoms with Gasteiger partial charge in [-0.15, -0.1) is 0 Å². The highest BCUT2D eigenvalue weighted by Gasteiger charge is 2.19. The van der Waals surface area contributed by atoms with Crippen molar-refractivity contribution < 1.29 is 14.2 Å². The Balaban J connectivity index is 2.18. The zero-order valence-corrected chi connectivity index (χ0v) is 12.2. The largest absolute Gasteiger partial charge is 0.493 e. The monoisotopic (exact) mass is 265 g/mol. The first-order chi connectivity index (χ1) is 9.05. The van der Waals surface area contributed by atoms with Gasteiger partial charge in [-0.1, -0.05) is 6.92 Å². The summed E-state index contributed by atoms with van der Waals surface area (Å²) in [5, 5.41) is 3.53. The molecule has 0 amide bonds. The summed E-state index contributed by atoms with van der Waals surface area (Å²) in [6, 6.07) is 4.03. The highest BCUT2D eigenvalue weighted by molar-refractivity contribution is 5.54. The third kappa shape index (κ3) is 3.32. The first-order valence-corrected chi connectivity index (χ1v) is 6.77. The first-order valence-electron chi connectivity index (χ1n) is 6.77. The lowest BCUT2D eigenvalue weighted by Crippen LogP contribution is -2.37. The van der Waals surface area contributed by atoms with Crippen molar-refractivity contribution in [3.8, 4) is 17.2 Å². The minimum absolute atomic E-state index is 0.125. The average Bonchev–Trinajstić information content (AvgIpc) is 2.44. The van der Waals surface area contributed by atoms with Crippen LogP contribution in [0.3, 0.4) is 0 Å². The summed E-state index contributed by atoms with van der Waals surface area (Å²) in [6.45, 7) is 8.52. The Morgan fingerprint density at radius 2 is 2.00 bits per heavy atom. The van der Waals surface area contributed by atoms with E-state index in [1.165, 1.54) is 0 Å². The van der Waals surface area contributed by atoms with E-state index >= 15 is 0 Å². The molecule has 1 heterocycles. The number of benzene rings is 1. The van der Waals surface area contributed by atoms with Crippen LogP contribution in [0.5, 0.6) is 17.2 Å². The highest BCUT2D eigenvalue weighted by atomic mass is 16.6. The van der Waals surface area contributed by atoms with Crippen LogP contribution < -0.4 is 19.5 Å². The Kier molecular flexibility index (Phi) is 4.20. The second kappa shape index (κ2) is 5.70. The van der Waals surface area contributed by atoms with Crippen LogP contribution in [0, 0.1) is 0 Å². The van der Waals surface area contributed by atoms with Gasteiger partial charge >= 0.3 is 0 Å². The number of hydrogen-bond donors (Lipinski definition) is 1. The number of nitrogens with one attached hydrogen (secondary N) is 1. The molecule has 0 radical (unpaired) electrons. The number of ether oxygens (including phenoxy) is 3. The fourth-order valence-electron chi connectivity index (χ4n) is 1.90. The molecule has 0 saturated heterocycles. The molecule has 4 nitrogen and oxygen atoms in total. The predicted molar refractivity (Wildman–Crippen MR) is 75.2 cm³/mol. The quantitative estimate of drug-likeness (QED) is 0.888. The van der Waals surface area contributed by atoms with E-state index in [2.05, 4.69) is 26.1 Å². The topological polar surface area (TPSA) is 39.7 Å². The number of methoxy groups -OCH3 is 1. The van der Waals surface area contributed by atoms with E-state index in [0.717, 1.165) is 30.0 Å². The van der Waals surface area contributed by atoms with Gasteiger partial charge in [-0.2, -0.15) is 0 Å². The molecule has 2 rings (SSSR count). The van der Waals surface area contributed by atoms with E-state index in [4.69, 9.17) is 14.2 Å². The molecule has 1 aromatic carbocycles. The van der Waals surface area contributed by atoms with E-state index in [1.54, 1.807) is 7.11 Å². The van der Waals surface area contributed by atoms with Crippen molar-refractivity contribution in [2.75, 3.05) is 20.3 Å². The molecule has 106 valence electrons. The molecule has 0 aromatic heterocycles. The summed E-state index contributed by atoms with van der Waals surface area (Å²) in [5.41, 5.74) is 1.27. The molecule has 0 spiro atoms. The predicted octanol–water partition coefficient (Wildman–Crippen LogP) is 2.74. The van der Waals surface area contributed by atoms with Gasteiger partial charge in [0, 0.05) is 12.1 Å². The van der Waals surface area contributed by atoms with Crippen LogP contribution >= 0.6 is 0 Å². The average molecular weight is 265 g/mol. The molecule has 1 aliphatic heterocycles. The highest BCUT2D eigenvalue weighted by Crippen LogP contribution is 2.40. The van der Waals surface area contributed by atoms with Gasteiger partial charge in [-0.3, -0.25) is 0 Å². The van der Waals surface area contributed by atoms with Crippen molar-refractivity contribution in [3.63, 3.8) is 0 Å². The first kappa shape index (κ1) is 14.0. The SMILES string of the molecule is CCC(C)(C)NCc1cc(OC)c2c(c1)OCCO2. The lowest BCUT2D eigenvalue weighted by atomic mass is 10.0. The molecule has 0 aliphatic carbocycles. The summed E-state index contributed by atoms with van der Waals surface area (Å²) in [5.74, 6) is 2.23. The van der Waals surface area contributed by atoms with Crippen molar-refractivity contribution >= 4 is 0 Å². The van der Waals surface area contributed by atoms with E-state index in [0.29, 0.717) is 19.0 Å². The molecule has 0 bridgehead atoms. The van der Waals surface area contributed by atoms with E-state index in [9.17, 15) is 0 Å². The standard InChI is InChI=1S/C15H23NO3/c1-5-15(2,3)16-10-11-8-12(17-4)14-13(9-11)18-6-7-19-14/h8-9,16H,5-7,10H2,1-4H3. The van der Waals surface area contributed by atoms with Gasteiger partial charge in [0.2, 0.25) is 5.75 Å². The zero-order valence-electron chi connectivity index (χ0n) is 12.2. The molecular formula is C15H23NO3. The summed E-state index contributed by atoms with van der Waals surface area (Å²) in [4.78, 5) is 0. The summed E-state index contributed by atoms with van der Waals surface area (Å²) in [6.07, 6.45) is 1.08. The van der Waals surface area contributed by atoms with Crippen molar-refractivity contribution in [1.29, 1.82) is 0 Å². The third-order valence-corrected chi connectivity index (χ3v) is 3.54. The lowest BCUT2D eigenvalue weighted by Gasteiger charge is -2.26. The second-order valence-electron chi connectivity index (χ2n) is 5.41. The Labute approximate surface area is 115 Å². The van der Waals surface area contributed by atoms with Crippen molar-refractivity contribution in [1.82, 2.24) is 5.32 Å². The molecular weight excluding hydrogens is 242 g/mol. The second-order valence-corrected chi connectivity index (χ2v) is 5.41. The van der Waals surface area contributed by atoms with Crippen molar-refractivity contribution in [2.45, 2.75) is 39.3 Å². The fraction of sp³-hybridized carbons (Fsp3) is 0.600. The lowest BCUT2D eigenvalue weighted by molar-refractivity contribution is 0.165. The Morgan fingerprint density at radius 3 is 2.68 bits per heavy atom. The van der Waals surface area contributed by atoms with Crippen LogP contribution in [-0.2, 0) is 6.54 Å². The molecule has 0 fully saturated rings. The van der Waals surface area contributed by atoms with Crippen LogP contribution in [0.1, 0.15) is 32.8 Å². The molecule has 1 N–H and O–H groups in total. The third-order valence-electron chi connectivity index (χ3n) is 3.54. The summed E-state index contributed by atoms with van der Waals surface area (Å²) < 4.78 is 16.6. The minimum Gasteiger partial charge on any atom is -0.493 e. The van der Waals surface area contributed by atoms with Crippen molar-refractivity contribution in [3.05, 3.63) is 17.7 Å². The van der Waals surface area contributed by atoms with Crippen LogP contribution in [0.2, 0.25) is 0 Å². The summed E-state index contributed by atoms with van der Waals surface area (Å²) in [7, 11) is 1.65. The maximum absolute atomic E-state index is 5.63. The van der Waals surface area contributed by atoms with Crippen LogP contribution in [0.15, 0.2) is 12.1 Å². The molecule has 0 atom stereocenters. The minimum atomic E-state index is 0.125. The van der Waals surface area contributed by atoms with Gasteiger partial charge in [0.15, 0.2) is 11.5 Å². The van der Waals surface area contributed by atoms with E-state index < -0.39 is 0 Å². The normalized spacial score (nSPS) is 14.3. The molecule has 1 aromatic rings. The zero-order chi connectivity index (χ0) is 13.9. The maximum atomic E-state index is 5.63. The molecule has 1 aliphatic rings. The Hall–Kier alpha value is -1.42. The molecule has 0 unspecified atom stereocenters. The number of fused-ring (bicyclic) bond motifs is 1. The van der Waals surface area contributed by atoms with Crippen LogP contribution in [0.4, 0.5) is 0 Å². The van der Waals surface area contributed by atoms with Gasteiger partial charge in [0.25, 0.3) is 0 Å². The van der Waals surface area contributed by atoms with Crippen LogP contribution in [-0.4, -0.2) is 25.9 Å². The molecule has 19 heavy (non-hydrogen) atoms. The summed E-state index contributed by atoms with van der Waals surface area (Å²) >= 11 is 0. The number of hydrogen-bond acceptors (Lipinski definition) is 4. The maximum Gasteiger partial charge on any atom is 0.203 e. The number of rotatable bonds is 5.